The Hall–Kier alpha value is -6.66. The normalized spacial score (nSPS) is 22.0. The van der Waals surface area contributed by atoms with Gasteiger partial charge in [-0.3, -0.25) is 0 Å². The van der Waals surface area contributed by atoms with E-state index in [0.717, 1.165) is 73.2 Å². The highest BCUT2D eigenvalue weighted by molar-refractivity contribution is 5.82. The molecule has 0 radical (unpaired) electrons. The Kier molecular flexibility index (Phi) is 15.4. The molecule has 0 amide bonds. The molecular weight excluding hydrogens is 759 g/mol. The topological polar surface area (TPSA) is 3.24 Å². The Bertz CT molecular complexity index is 2590. The van der Waals surface area contributed by atoms with Crippen molar-refractivity contribution in [1.82, 2.24) is 0 Å². The maximum absolute atomic E-state index is 4.29. The number of hydrogen-bond acceptors (Lipinski definition) is 1. The third-order valence-electron chi connectivity index (χ3n) is 12.8. The number of hydrogen-bond donors (Lipinski definition) is 0. The highest BCUT2D eigenvalue weighted by Gasteiger charge is 2.32. The van der Waals surface area contributed by atoms with E-state index < -0.39 is 0 Å². The second kappa shape index (κ2) is 21.9. The van der Waals surface area contributed by atoms with Crippen LogP contribution in [0.2, 0.25) is 0 Å². The molecule has 3 atom stereocenters. The van der Waals surface area contributed by atoms with Gasteiger partial charge in [-0.2, -0.15) is 0 Å². The average molecular weight is 822 g/mol. The van der Waals surface area contributed by atoms with Gasteiger partial charge in [0.05, 0.1) is 5.69 Å². The average Bonchev–Trinajstić information content (AvgIpc) is 3.63. The van der Waals surface area contributed by atoms with E-state index in [-0.39, 0.29) is 17.3 Å². The van der Waals surface area contributed by atoms with Crippen molar-refractivity contribution in [2.24, 2.45) is 5.41 Å². The Morgan fingerprint density at radius 2 is 1.60 bits per heavy atom. The number of fused-ring (bicyclic) bond motifs is 1. The Balaban J connectivity index is 1.31. The molecule has 0 spiro atoms. The quantitative estimate of drug-likeness (QED) is 0.0889. The van der Waals surface area contributed by atoms with Crippen molar-refractivity contribution in [3.8, 4) is 0 Å². The van der Waals surface area contributed by atoms with Crippen LogP contribution in [-0.4, -0.2) is 0 Å². The smallest absolute Gasteiger partial charge is 0.0503 e. The standard InChI is InChI=1S/C62H63N/c1-6-27-57(36-26-28-48(7-2)44-55-45-56(8-3)62(5,9-4)47-54-35-24-25-37-59(54)55)63(58-41-38-51(39-42-58)49-29-20-16-17-21-30-49)61-43-40-53(50-31-18-12-10-13-19-32-50)46-60(61)52-33-22-14-11-15-23-34-52/h6-8,10-12,14,16,18-27,29-30,32-43,45-46,52,55H,1,3,9,13,15,17,28,44,47H2,2,4-5H3/b12-10-,14-11-,32-19?,33-22?,34-23?,36-26-,48-7-,57-27+. The summed E-state index contributed by atoms with van der Waals surface area (Å²) in [5.41, 5.74) is 18.3. The van der Waals surface area contributed by atoms with Crippen LogP contribution >= 0.6 is 0 Å². The van der Waals surface area contributed by atoms with Crippen LogP contribution in [0.15, 0.2) is 242 Å². The van der Waals surface area contributed by atoms with Crippen LogP contribution in [0.4, 0.5) is 11.4 Å². The third-order valence-corrected chi connectivity index (χ3v) is 12.8. The van der Waals surface area contributed by atoms with Crippen LogP contribution in [0.1, 0.15) is 98.9 Å². The van der Waals surface area contributed by atoms with E-state index in [1.165, 1.54) is 39.0 Å². The summed E-state index contributed by atoms with van der Waals surface area (Å²) < 4.78 is 0. The summed E-state index contributed by atoms with van der Waals surface area (Å²) in [6.07, 6.45) is 57.4. The summed E-state index contributed by atoms with van der Waals surface area (Å²) in [7, 11) is 0. The van der Waals surface area contributed by atoms with Gasteiger partial charge in [0.2, 0.25) is 0 Å². The van der Waals surface area contributed by atoms with Gasteiger partial charge in [-0.05, 0) is 139 Å². The van der Waals surface area contributed by atoms with Crippen molar-refractivity contribution in [2.45, 2.75) is 77.6 Å². The molecule has 0 heterocycles. The van der Waals surface area contributed by atoms with E-state index in [2.05, 4.69) is 239 Å². The lowest BCUT2D eigenvalue weighted by molar-refractivity contribution is 0.390. The Morgan fingerprint density at radius 1 is 0.825 bits per heavy atom. The summed E-state index contributed by atoms with van der Waals surface area (Å²) in [6, 6.07) is 25.0. The molecule has 63 heavy (non-hydrogen) atoms. The monoisotopic (exact) mass is 821 g/mol. The highest BCUT2D eigenvalue weighted by Crippen LogP contribution is 2.45. The summed E-state index contributed by atoms with van der Waals surface area (Å²) >= 11 is 0. The fourth-order valence-electron chi connectivity index (χ4n) is 9.04. The van der Waals surface area contributed by atoms with E-state index in [4.69, 9.17) is 0 Å². The molecule has 0 saturated heterocycles. The lowest BCUT2D eigenvalue weighted by atomic mass is 9.75. The van der Waals surface area contributed by atoms with Gasteiger partial charge in [0, 0.05) is 28.8 Å². The van der Waals surface area contributed by atoms with Gasteiger partial charge in [-0.15, -0.1) is 5.73 Å². The molecule has 1 nitrogen and oxygen atoms in total. The SMILES string of the molecule is C=C/C=C(\C=C/C/C(=C/C)CC1C=C(C=C)C(C)(CC)Cc2ccccc21)N(c1ccc(C2=CC=CCC=C2)cc1)c1ccc(C2=C=C/C=C\CC=C2)cc1C1C=C/C=C\CC=C1. The van der Waals surface area contributed by atoms with Gasteiger partial charge in [0.1, 0.15) is 0 Å². The van der Waals surface area contributed by atoms with Crippen molar-refractivity contribution in [1.29, 1.82) is 0 Å². The van der Waals surface area contributed by atoms with Crippen LogP contribution in [0, 0.1) is 5.41 Å². The van der Waals surface area contributed by atoms with Gasteiger partial charge < -0.3 is 4.90 Å². The second-order valence-corrected chi connectivity index (χ2v) is 16.9. The summed E-state index contributed by atoms with van der Waals surface area (Å²) in [5, 5.41) is 0. The zero-order chi connectivity index (χ0) is 43.9. The molecule has 0 aliphatic heterocycles. The zero-order valence-electron chi connectivity index (χ0n) is 37.6. The first-order chi connectivity index (χ1) is 30.9. The van der Waals surface area contributed by atoms with Crippen molar-refractivity contribution in [2.75, 3.05) is 4.90 Å². The first-order valence-electron chi connectivity index (χ1n) is 22.9. The molecule has 0 saturated carbocycles. The van der Waals surface area contributed by atoms with Crippen molar-refractivity contribution >= 4 is 22.5 Å². The molecule has 4 aliphatic rings. The summed E-state index contributed by atoms with van der Waals surface area (Å²) in [4.78, 5) is 2.41. The van der Waals surface area contributed by atoms with Gasteiger partial charge in [0.25, 0.3) is 0 Å². The molecule has 0 aromatic heterocycles. The Labute approximate surface area is 378 Å². The summed E-state index contributed by atoms with van der Waals surface area (Å²) in [6.45, 7) is 15.4. The molecule has 0 N–H and O–H groups in total. The van der Waals surface area contributed by atoms with Crippen molar-refractivity contribution in [3.63, 3.8) is 0 Å². The molecular formula is C62H63N. The molecule has 4 aliphatic carbocycles. The van der Waals surface area contributed by atoms with E-state index in [9.17, 15) is 0 Å². The second-order valence-electron chi connectivity index (χ2n) is 16.9. The lowest BCUT2D eigenvalue weighted by Gasteiger charge is -2.30. The van der Waals surface area contributed by atoms with Crippen LogP contribution in [0.25, 0.3) is 11.1 Å². The maximum Gasteiger partial charge on any atom is 0.0503 e. The van der Waals surface area contributed by atoms with Crippen LogP contribution in [0.3, 0.4) is 0 Å². The molecule has 3 aromatic rings. The van der Waals surface area contributed by atoms with Crippen molar-refractivity contribution in [3.05, 3.63) is 270 Å². The molecule has 316 valence electrons. The maximum atomic E-state index is 4.29. The van der Waals surface area contributed by atoms with Crippen LogP contribution in [-0.2, 0) is 6.42 Å². The predicted molar refractivity (Wildman–Crippen MR) is 275 cm³/mol. The van der Waals surface area contributed by atoms with E-state index in [0.29, 0.717) is 0 Å². The largest absolute Gasteiger partial charge is 0.310 e. The zero-order valence-corrected chi connectivity index (χ0v) is 37.6. The van der Waals surface area contributed by atoms with Gasteiger partial charge >= 0.3 is 0 Å². The molecule has 0 fully saturated rings. The highest BCUT2D eigenvalue weighted by atomic mass is 15.1. The van der Waals surface area contributed by atoms with E-state index >= 15 is 0 Å². The number of benzene rings is 3. The summed E-state index contributed by atoms with van der Waals surface area (Å²) in [5.74, 6) is 0.333. The Morgan fingerprint density at radius 3 is 2.41 bits per heavy atom. The fourth-order valence-corrected chi connectivity index (χ4v) is 9.04. The molecule has 0 bridgehead atoms. The number of allylic oxidation sites excluding steroid dienone is 26. The number of nitrogens with zero attached hydrogens (tertiary/aromatic N) is 1. The first kappa shape index (κ1) is 44.4. The van der Waals surface area contributed by atoms with Crippen LogP contribution < -0.4 is 4.90 Å². The van der Waals surface area contributed by atoms with E-state index in [1.54, 1.807) is 0 Å². The van der Waals surface area contributed by atoms with Crippen molar-refractivity contribution < 1.29 is 0 Å². The van der Waals surface area contributed by atoms with Gasteiger partial charge in [0.15, 0.2) is 0 Å². The molecule has 3 aromatic carbocycles. The fraction of sp³-hybridized carbons (Fsp3) is 0.210. The molecule has 1 heteroatoms. The lowest BCUT2D eigenvalue weighted by Crippen LogP contribution is -2.20. The number of rotatable bonds is 14. The third kappa shape index (κ3) is 11.1. The van der Waals surface area contributed by atoms with E-state index in [1.807, 2.05) is 12.2 Å². The molecule has 7 rings (SSSR count). The minimum Gasteiger partial charge on any atom is -0.310 e. The minimum atomic E-state index is 0.0517. The van der Waals surface area contributed by atoms with Gasteiger partial charge in [-0.25, -0.2) is 0 Å². The predicted octanol–water partition coefficient (Wildman–Crippen LogP) is 17.2. The first-order valence-corrected chi connectivity index (χ1v) is 22.9. The minimum absolute atomic E-state index is 0.0517. The van der Waals surface area contributed by atoms with Gasteiger partial charge in [-0.1, -0.05) is 197 Å². The number of anilines is 2. The van der Waals surface area contributed by atoms with Crippen LogP contribution in [0.5, 0.6) is 0 Å². The molecule has 3 unspecified atom stereocenters.